The van der Waals surface area contributed by atoms with Crippen LogP contribution in [-0.4, -0.2) is 30.5 Å². The van der Waals surface area contributed by atoms with Crippen LogP contribution < -0.4 is 0 Å². The number of rotatable bonds is 3. The molecule has 84 valence electrons. The molecule has 6 heteroatoms. The van der Waals surface area contributed by atoms with Crippen molar-refractivity contribution < 1.29 is 14.0 Å². The first kappa shape index (κ1) is 10.9. The first-order valence-electron chi connectivity index (χ1n) is 4.79. The third kappa shape index (κ3) is 1.87. The highest BCUT2D eigenvalue weighted by Gasteiger charge is 2.42. The van der Waals surface area contributed by atoms with E-state index in [1.54, 1.807) is 14.0 Å². The highest BCUT2D eigenvalue weighted by Crippen LogP contribution is 2.33. The van der Waals surface area contributed by atoms with Crippen molar-refractivity contribution in [1.29, 1.82) is 0 Å². The zero-order valence-corrected chi connectivity index (χ0v) is 9.45. The summed E-state index contributed by atoms with van der Waals surface area (Å²) in [4.78, 5) is 4.22. The molecule has 1 aliphatic heterocycles. The zero-order valence-electron chi connectivity index (χ0n) is 8.70. The highest BCUT2D eigenvalue weighted by molar-refractivity contribution is 6.20. The third-order valence-corrected chi connectivity index (χ3v) is 2.76. The molecule has 0 aromatic carbocycles. The Balaban J connectivity index is 2.27. The van der Waals surface area contributed by atoms with Crippen LogP contribution in [0.3, 0.4) is 0 Å². The van der Waals surface area contributed by atoms with E-state index in [2.05, 4.69) is 10.1 Å². The van der Waals surface area contributed by atoms with Crippen LogP contribution >= 0.6 is 11.6 Å². The van der Waals surface area contributed by atoms with Gasteiger partial charge in [-0.1, -0.05) is 5.16 Å². The molecule has 0 aliphatic carbocycles. The van der Waals surface area contributed by atoms with Crippen molar-refractivity contribution in [1.82, 2.24) is 10.1 Å². The lowest BCUT2D eigenvalue weighted by atomic mass is 10.0. The standard InChI is InChI=1S/C9H13ClN2O3/c1-6(10)7-11-8(15-12-7)9(13-2)3-4-14-5-9/h6H,3-5H2,1-2H3. The summed E-state index contributed by atoms with van der Waals surface area (Å²) in [7, 11) is 1.61. The molecule has 2 atom stereocenters. The Morgan fingerprint density at radius 3 is 2.87 bits per heavy atom. The first-order chi connectivity index (χ1) is 7.18. The average Bonchev–Trinajstić information content (AvgIpc) is 2.87. The van der Waals surface area contributed by atoms with Crippen molar-refractivity contribution in [2.45, 2.75) is 24.3 Å². The van der Waals surface area contributed by atoms with E-state index in [1.807, 2.05) is 0 Å². The molecule has 5 nitrogen and oxygen atoms in total. The molecular weight excluding hydrogens is 220 g/mol. The van der Waals surface area contributed by atoms with Crippen molar-refractivity contribution in [2.24, 2.45) is 0 Å². The third-order valence-electron chi connectivity index (χ3n) is 2.56. The zero-order chi connectivity index (χ0) is 10.9. The van der Waals surface area contributed by atoms with Crippen LogP contribution in [0.1, 0.15) is 30.4 Å². The number of alkyl halides is 1. The van der Waals surface area contributed by atoms with Gasteiger partial charge in [0.05, 0.1) is 18.6 Å². The number of hydrogen-bond donors (Lipinski definition) is 0. The first-order valence-corrected chi connectivity index (χ1v) is 5.23. The Kier molecular flexibility index (Phi) is 2.95. The Hall–Kier alpha value is -0.650. The second-order valence-electron chi connectivity index (χ2n) is 3.57. The summed E-state index contributed by atoms with van der Waals surface area (Å²) in [6, 6.07) is 0. The lowest BCUT2D eigenvalue weighted by Gasteiger charge is -2.20. The fraction of sp³-hybridized carbons (Fsp3) is 0.778. The van der Waals surface area contributed by atoms with Gasteiger partial charge < -0.3 is 14.0 Å². The van der Waals surface area contributed by atoms with Gasteiger partial charge in [0, 0.05) is 13.5 Å². The summed E-state index contributed by atoms with van der Waals surface area (Å²) < 4.78 is 15.9. The predicted molar refractivity (Wildman–Crippen MR) is 52.7 cm³/mol. The summed E-state index contributed by atoms with van der Waals surface area (Å²) in [5.74, 6) is 0.931. The van der Waals surface area contributed by atoms with E-state index in [1.165, 1.54) is 0 Å². The minimum absolute atomic E-state index is 0.265. The second kappa shape index (κ2) is 4.08. The van der Waals surface area contributed by atoms with Gasteiger partial charge in [0.1, 0.15) is 0 Å². The largest absolute Gasteiger partial charge is 0.378 e. The molecule has 1 aromatic heterocycles. The van der Waals surface area contributed by atoms with Crippen molar-refractivity contribution in [3.05, 3.63) is 11.7 Å². The molecule has 0 amide bonds. The summed E-state index contributed by atoms with van der Waals surface area (Å²) in [6.07, 6.45) is 0.724. The van der Waals surface area contributed by atoms with E-state index in [9.17, 15) is 0 Å². The van der Waals surface area contributed by atoms with Crippen LogP contribution in [0, 0.1) is 0 Å². The maximum Gasteiger partial charge on any atom is 0.261 e. The maximum absolute atomic E-state index is 5.85. The number of methoxy groups -OCH3 is 1. The Labute approximate surface area is 92.7 Å². The second-order valence-corrected chi connectivity index (χ2v) is 4.23. The SMILES string of the molecule is COC1(c2nc(C(C)Cl)no2)CCOC1. The molecule has 15 heavy (non-hydrogen) atoms. The van der Waals surface area contributed by atoms with Crippen LogP contribution in [0.5, 0.6) is 0 Å². The molecule has 0 bridgehead atoms. The highest BCUT2D eigenvalue weighted by atomic mass is 35.5. The van der Waals surface area contributed by atoms with Crippen LogP contribution in [0.25, 0.3) is 0 Å². The molecule has 1 saturated heterocycles. The van der Waals surface area contributed by atoms with Gasteiger partial charge in [-0.05, 0) is 6.92 Å². The smallest absolute Gasteiger partial charge is 0.261 e. The minimum Gasteiger partial charge on any atom is -0.378 e. The summed E-state index contributed by atoms with van der Waals surface area (Å²) in [5.41, 5.74) is -0.586. The summed E-state index contributed by atoms with van der Waals surface area (Å²) in [6.45, 7) is 2.88. The van der Waals surface area contributed by atoms with Gasteiger partial charge in [0.15, 0.2) is 11.4 Å². The maximum atomic E-state index is 5.85. The van der Waals surface area contributed by atoms with Gasteiger partial charge in [-0.15, -0.1) is 11.6 Å². The van der Waals surface area contributed by atoms with Crippen LogP contribution in [0.15, 0.2) is 4.52 Å². The van der Waals surface area contributed by atoms with Crippen molar-refractivity contribution in [2.75, 3.05) is 20.3 Å². The quantitative estimate of drug-likeness (QED) is 0.742. The number of aromatic nitrogens is 2. The molecule has 1 fully saturated rings. The van der Waals surface area contributed by atoms with Crippen molar-refractivity contribution >= 4 is 11.6 Å². The van der Waals surface area contributed by atoms with Crippen molar-refractivity contribution in [3.63, 3.8) is 0 Å². The lowest BCUT2D eigenvalue weighted by molar-refractivity contribution is -0.0442. The summed E-state index contributed by atoms with van der Waals surface area (Å²) >= 11 is 5.85. The summed E-state index contributed by atoms with van der Waals surface area (Å²) in [5, 5.41) is 3.53. The Morgan fingerprint density at radius 1 is 1.60 bits per heavy atom. The van der Waals surface area contributed by atoms with E-state index in [4.69, 9.17) is 25.6 Å². The van der Waals surface area contributed by atoms with Crippen LogP contribution in [0.2, 0.25) is 0 Å². The molecule has 2 unspecified atom stereocenters. The minimum atomic E-state index is -0.586. The molecular formula is C9H13ClN2O3. The molecule has 0 N–H and O–H groups in total. The Morgan fingerprint density at radius 2 is 2.40 bits per heavy atom. The van der Waals surface area contributed by atoms with E-state index < -0.39 is 5.60 Å². The normalized spacial score (nSPS) is 28.2. The van der Waals surface area contributed by atoms with Crippen molar-refractivity contribution in [3.8, 4) is 0 Å². The van der Waals surface area contributed by atoms with E-state index in [0.717, 1.165) is 6.42 Å². The number of ether oxygens (including phenoxy) is 2. The molecule has 1 aliphatic rings. The van der Waals surface area contributed by atoms with Crippen LogP contribution in [-0.2, 0) is 15.1 Å². The fourth-order valence-electron chi connectivity index (χ4n) is 1.54. The molecule has 1 aromatic rings. The lowest BCUT2D eigenvalue weighted by Crippen LogP contribution is -2.29. The van der Waals surface area contributed by atoms with E-state index in [-0.39, 0.29) is 5.38 Å². The Bertz CT molecular complexity index is 334. The molecule has 2 rings (SSSR count). The van der Waals surface area contributed by atoms with Crippen LogP contribution in [0.4, 0.5) is 0 Å². The monoisotopic (exact) mass is 232 g/mol. The van der Waals surface area contributed by atoms with Gasteiger partial charge in [-0.2, -0.15) is 4.98 Å². The molecule has 2 heterocycles. The van der Waals surface area contributed by atoms with Gasteiger partial charge >= 0.3 is 0 Å². The molecule has 0 saturated carbocycles. The van der Waals surface area contributed by atoms with E-state index >= 15 is 0 Å². The number of nitrogens with zero attached hydrogens (tertiary/aromatic N) is 2. The van der Waals surface area contributed by atoms with Gasteiger partial charge in [0.25, 0.3) is 5.89 Å². The fourth-order valence-corrected chi connectivity index (χ4v) is 1.63. The van der Waals surface area contributed by atoms with Gasteiger partial charge in [-0.25, -0.2) is 0 Å². The molecule has 0 spiro atoms. The average molecular weight is 233 g/mol. The van der Waals surface area contributed by atoms with Gasteiger partial charge in [0.2, 0.25) is 0 Å². The number of halogens is 1. The topological polar surface area (TPSA) is 57.4 Å². The number of hydrogen-bond acceptors (Lipinski definition) is 5. The van der Waals surface area contributed by atoms with Gasteiger partial charge in [-0.3, -0.25) is 0 Å². The van der Waals surface area contributed by atoms with E-state index in [0.29, 0.717) is 24.9 Å². The predicted octanol–water partition coefficient (Wildman–Crippen LogP) is 1.63. The molecule has 0 radical (unpaired) electrons.